The number of hydrogen-bond donors (Lipinski definition) is 1. The van der Waals surface area contributed by atoms with Gasteiger partial charge in [0.2, 0.25) is 5.69 Å². The highest BCUT2D eigenvalue weighted by Crippen LogP contribution is 2.37. The Kier molecular flexibility index (Phi) is 5.72. The zero-order chi connectivity index (χ0) is 23.0. The van der Waals surface area contributed by atoms with Gasteiger partial charge in [-0.15, -0.1) is 0 Å². The maximum Gasteiger partial charge on any atom is 0.205 e. The monoisotopic (exact) mass is 442 g/mol. The Morgan fingerprint density at radius 3 is 2.58 bits per heavy atom. The highest BCUT2D eigenvalue weighted by atomic mass is 32.2. The Morgan fingerprint density at radius 1 is 1.26 bits per heavy atom. The van der Waals surface area contributed by atoms with Gasteiger partial charge in [-0.05, 0) is 51.0 Å². The number of aromatic nitrogens is 1. The molecule has 0 bridgehead atoms. The van der Waals surface area contributed by atoms with Gasteiger partial charge >= 0.3 is 0 Å². The molecule has 0 fully saturated rings. The Labute approximate surface area is 181 Å². The highest BCUT2D eigenvalue weighted by Gasteiger charge is 2.45. The van der Waals surface area contributed by atoms with Crippen molar-refractivity contribution in [1.82, 2.24) is 4.98 Å². The van der Waals surface area contributed by atoms with Crippen molar-refractivity contribution in [3.8, 4) is 0 Å². The summed E-state index contributed by atoms with van der Waals surface area (Å²) < 4.78 is 38.7. The molecular formula is C22H23FN4O3S. The van der Waals surface area contributed by atoms with Gasteiger partial charge in [0.15, 0.2) is 15.6 Å². The van der Waals surface area contributed by atoms with Gasteiger partial charge in [-0.25, -0.2) is 17.7 Å². The van der Waals surface area contributed by atoms with Gasteiger partial charge in [-0.3, -0.25) is 14.8 Å². The van der Waals surface area contributed by atoms with Crippen molar-refractivity contribution >= 4 is 27.1 Å². The Bertz CT molecular complexity index is 1210. The highest BCUT2D eigenvalue weighted by molar-refractivity contribution is 7.93. The second-order valence-electron chi connectivity index (χ2n) is 8.28. The van der Waals surface area contributed by atoms with E-state index in [1.807, 2.05) is 0 Å². The Balaban J connectivity index is 1.96. The zero-order valence-electron chi connectivity index (χ0n) is 17.5. The average molecular weight is 443 g/mol. The van der Waals surface area contributed by atoms with E-state index in [1.165, 1.54) is 50.4 Å². The first-order valence-corrected chi connectivity index (χ1v) is 11.3. The fourth-order valence-electron chi connectivity index (χ4n) is 3.39. The number of amidine groups is 1. The molecule has 0 aliphatic carbocycles. The van der Waals surface area contributed by atoms with Crippen LogP contribution in [0.25, 0.3) is 4.85 Å². The van der Waals surface area contributed by atoms with Gasteiger partial charge in [0, 0.05) is 18.2 Å². The van der Waals surface area contributed by atoms with E-state index in [1.54, 1.807) is 6.92 Å². The van der Waals surface area contributed by atoms with E-state index < -0.39 is 25.9 Å². The first-order chi connectivity index (χ1) is 14.4. The number of nitrogens with two attached hydrogens (primary N) is 1. The third kappa shape index (κ3) is 4.21. The second kappa shape index (κ2) is 7.85. The van der Waals surface area contributed by atoms with E-state index in [0.717, 1.165) is 0 Å². The molecule has 1 aliphatic heterocycles. The lowest BCUT2D eigenvalue weighted by molar-refractivity contribution is 0.0988. The number of carbonyl (C=O) groups is 1. The molecule has 1 aromatic heterocycles. The predicted molar refractivity (Wildman–Crippen MR) is 116 cm³/mol. The number of nitrogens with zero attached hydrogens (tertiary/aromatic N) is 3. The van der Waals surface area contributed by atoms with E-state index in [2.05, 4.69) is 14.8 Å². The molecule has 0 spiro atoms. The van der Waals surface area contributed by atoms with Crippen LogP contribution in [0.5, 0.6) is 0 Å². The number of ketones is 1. The number of pyridine rings is 1. The minimum absolute atomic E-state index is 0.0310. The van der Waals surface area contributed by atoms with Crippen LogP contribution in [0.4, 0.5) is 10.1 Å². The number of sulfone groups is 1. The summed E-state index contributed by atoms with van der Waals surface area (Å²) in [6.07, 6.45) is 1.35. The van der Waals surface area contributed by atoms with Crippen LogP contribution in [-0.4, -0.2) is 35.5 Å². The fraction of sp³-hybridized carbons (Fsp3) is 0.364. The molecule has 3 rings (SSSR count). The summed E-state index contributed by atoms with van der Waals surface area (Å²) in [5.41, 5.74) is 6.10. The van der Waals surface area contributed by atoms with Crippen molar-refractivity contribution in [1.29, 1.82) is 0 Å². The maximum atomic E-state index is 14.8. The maximum absolute atomic E-state index is 14.8. The number of benzene rings is 1. The lowest BCUT2D eigenvalue weighted by Crippen LogP contribution is -2.45. The van der Waals surface area contributed by atoms with Crippen LogP contribution in [0.15, 0.2) is 41.5 Å². The number of halogens is 1. The number of rotatable bonds is 4. The summed E-state index contributed by atoms with van der Waals surface area (Å²) in [5.74, 6) is -1.10. The number of hydrogen-bond acceptors (Lipinski definition) is 6. The lowest BCUT2D eigenvalue weighted by Gasteiger charge is -2.26. The van der Waals surface area contributed by atoms with E-state index in [0.29, 0.717) is 11.3 Å². The van der Waals surface area contributed by atoms with Crippen molar-refractivity contribution in [2.45, 2.75) is 43.9 Å². The van der Waals surface area contributed by atoms with Crippen molar-refractivity contribution in [2.24, 2.45) is 10.7 Å². The van der Waals surface area contributed by atoms with Gasteiger partial charge in [-0.1, -0.05) is 12.1 Å². The molecule has 31 heavy (non-hydrogen) atoms. The van der Waals surface area contributed by atoms with Crippen LogP contribution in [0.3, 0.4) is 0 Å². The quantitative estimate of drug-likeness (QED) is 0.577. The third-order valence-electron chi connectivity index (χ3n) is 5.76. The number of Topliss-reactive ketones (excluding diaryl/α,β-unsaturated/α-hetero) is 1. The molecule has 2 N–H and O–H groups in total. The van der Waals surface area contributed by atoms with Crippen LogP contribution in [0.1, 0.15) is 48.8 Å². The first kappa shape index (κ1) is 22.6. The fourth-order valence-corrected chi connectivity index (χ4v) is 4.93. The molecule has 0 unspecified atom stereocenters. The van der Waals surface area contributed by atoms with Crippen LogP contribution >= 0.6 is 0 Å². The molecule has 0 saturated heterocycles. The predicted octanol–water partition coefficient (Wildman–Crippen LogP) is 3.37. The van der Waals surface area contributed by atoms with E-state index in [9.17, 15) is 17.6 Å². The molecule has 1 atom stereocenters. The molecule has 162 valence electrons. The summed E-state index contributed by atoms with van der Waals surface area (Å²) >= 11 is 0. The molecule has 0 saturated carbocycles. The van der Waals surface area contributed by atoms with E-state index >= 15 is 0 Å². The normalized spacial score (nSPS) is 22.1. The summed E-state index contributed by atoms with van der Waals surface area (Å²) in [6, 6.07) is 7.26. The molecule has 1 aromatic carbocycles. The topological polar surface area (TPSA) is 107 Å². The standard InChI is InChI=1S/C22H23FN4O3S/c1-21(2)20(24)27-22(3,9-10-31(21,29)30)16-11-14(5-7-17(16)23)12-19(28)18-8-6-15(25-4)13-26-18/h5-8,11,13H,9-10,12H2,1-3H3,(H2,24,27)/t22-/m0/s1. The molecule has 2 aromatic rings. The van der Waals surface area contributed by atoms with Crippen LogP contribution in [0, 0.1) is 12.4 Å². The number of carbonyl (C=O) groups excluding carboxylic acids is 1. The molecule has 9 heteroatoms. The molecule has 7 nitrogen and oxygen atoms in total. The van der Waals surface area contributed by atoms with Crippen LogP contribution in [0.2, 0.25) is 0 Å². The van der Waals surface area contributed by atoms with Crippen LogP contribution < -0.4 is 5.73 Å². The summed E-state index contributed by atoms with van der Waals surface area (Å²) in [6.45, 7) is 11.6. The van der Waals surface area contributed by atoms with Crippen molar-refractivity contribution in [3.63, 3.8) is 0 Å². The largest absolute Gasteiger partial charge is 0.386 e. The minimum Gasteiger partial charge on any atom is -0.386 e. The smallest absolute Gasteiger partial charge is 0.205 e. The van der Waals surface area contributed by atoms with Crippen molar-refractivity contribution < 1.29 is 17.6 Å². The summed E-state index contributed by atoms with van der Waals surface area (Å²) in [4.78, 5) is 24.3. The summed E-state index contributed by atoms with van der Waals surface area (Å²) in [7, 11) is -3.57. The van der Waals surface area contributed by atoms with E-state index in [4.69, 9.17) is 12.3 Å². The Morgan fingerprint density at radius 2 is 1.97 bits per heavy atom. The third-order valence-corrected chi connectivity index (χ3v) is 8.26. The molecule has 1 aliphatic rings. The molecular weight excluding hydrogens is 419 g/mol. The molecule has 0 amide bonds. The minimum atomic E-state index is -3.57. The average Bonchev–Trinajstić information content (AvgIpc) is 2.78. The van der Waals surface area contributed by atoms with Gasteiger partial charge < -0.3 is 5.73 Å². The summed E-state index contributed by atoms with van der Waals surface area (Å²) in [5, 5.41) is 0. The van der Waals surface area contributed by atoms with E-state index in [-0.39, 0.29) is 41.5 Å². The van der Waals surface area contributed by atoms with Crippen molar-refractivity contribution in [2.75, 3.05) is 5.75 Å². The SMILES string of the molecule is [C-]#[N+]c1ccc(C(=O)Cc2ccc(F)c([C@]3(C)CCS(=O)(=O)C(C)(C)C(N)=N3)c2)nc1. The van der Waals surface area contributed by atoms with Gasteiger partial charge in [0.05, 0.1) is 17.9 Å². The van der Waals surface area contributed by atoms with Crippen LogP contribution in [-0.2, 0) is 21.8 Å². The molecule has 0 radical (unpaired) electrons. The lowest BCUT2D eigenvalue weighted by atomic mass is 9.87. The van der Waals surface area contributed by atoms with Gasteiger partial charge in [0.1, 0.15) is 22.1 Å². The van der Waals surface area contributed by atoms with Gasteiger partial charge in [-0.2, -0.15) is 0 Å². The molecule has 2 heterocycles. The zero-order valence-corrected chi connectivity index (χ0v) is 18.3. The number of aliphatic imine (C=N–C) groups is 1. The van der Waals surface area contributed by atoms with Gasteiger partial charge in [0.25, 0.3) is 0 Å². The van der Waals surface area contributed by atoms with Crippen molar-refractivity contribution in [3.05, 3.63) is 70.6 Å². The Hall–Kier alpha value is -3.12. The second-order valence-corrected chi connectivity index (χ2v) is 10.9. The first-order valence-electron chi connectivity index (χ1n) is 9.63.